The summed E-state index contributed by atoms with van der Waals surface area (Å²) in [6.45, 7) is 3.47. The highest BCUT2D eigenvalue weighted by atomic mass is 16.1. The summed E-state index contributed by atoms with van der Waals surface area (Å²) in [6, 6.07) is 18.6. The number of aryl methyl sites for hydroxylation is 1. The first-order valence-corrected chi connectivity index (χ1v) is 9.81. The van der Waals surface area contributed by atoms with Crippen LogP contribution in [-0.2, 0) is 17.9 Å². The van der Waals surface area contributed by atoms with Crippen molar-refractivity contribution in [2.24, 2.45) is 5.73 Å². The highest BCUT2D eigenvalue weighted by Crippen LogP contribution is 2.24. The smallest absolute Gasteiger partial charge is 0.219 e. The van der Waals surface area contributed by atoms with Crippen molar-refractivity contribution < 1.29 is 4.79 Å². The van der Waals surface area contributed by atoms with Crippen LogP contribution in [0.4, 0.5) is 0 Å². The van der Waals surface area contributed by atoms with Crippen LogP contribution >= 0.6 is 0 Å². The molecular formula is C23H25N5O. The summed E-state index contributed by atoms with van der Waals surface area (Å²) < 4.78 is 4.00. The van der Waals surface area contributed by atoms with Gasteiger partial charge in [0.1, 0.15) is 0 Å². The summed E-state index contributed by atoms with van der Waals surface area (Å²) in [5.41, 5.74) is 9.92. The molecule has 1 atom stereocenters. The van der Waals surface area contributed by atoms with Gasteiger partial charge in [0.2, 0.25) is 5.91 Å². The molecule has 0 radical (unpaired) electrons. The molecule has 6 nitrogen and oxygen atoms in total. The molecule has 0 saturated heterocycles. The monoisotopic (exact) mass is 387 g/mol. The van der Waals surface area contributed by atoms with E-state index in [4.69, 9.17) is 5.73 Å². The van der Waals surface area contributed by atoms with Crippen LogP contribution in [0.15, 0.2) is 73.2 Å². The van der Waals surface area contributed by atoms with Gasteiger partial charge in [0, 0.05) is 55.0 Å². The summed E-state index contributed by atoms with van der Waals surface area (Å²) in [4.78, 5) is 11.2. The summed E-state index contributed by atoms with van der Waals surface area (Å²) in [5, 5.41) is 9.21. The lowest BCUT2D eigenvalue weighted by molar-refractivity contribution is -0.118. The molecule has 0 aliphatic carbocycles. The first-order valence-electron chi connectivity index (χ1n) is 9.81. The number of aromatic nitrogens is 3. The number of para-hydroxylation sites is 2. The predicted octanol–water partition coefficient (Wildman–Crippen LogP) is 3.55. The standard InChI is InChI=1S/C23H25N5O/c1-17(19-7-2-5-10-22(19)28-13-6-12-26-28)25-15-18-16-27(14-11-23(24)29)21-9-4-3-8-20(18)21/h2-10,12-13,16-17,25H,11,14-15H2,1H3,(H2,24,29)/t17-/m0/s1. The van der Waals surface area contributed by atoms with E-state index >= 15 is 0 Å². The van der Waals surface area contributed by atoms with Crippen molar-refractivity contribution in [3.63, 3.8) is 0 Å². The molecule has 0 aliphatic rings. The van der Waals surface area contributed by atoms with E-state index in [0.717, 1.165) is 17.7 Å². The number of fused-ring (bicyclic) bond motifs is 1. The second-order valence-corrected chi connectivity index (χ2v) is 7.19. The van der Waals surface area contributed by atoms with Gasteiger partial charge in [-0.25, -0.2) is 4.68 Å². The van der Waals surface area contributed by atoms with Crippen LogP contribution in [0.25, 0.3) is 16.6 Å². The molecule has 2 aromatic carbocycles. The fourth-order valence-corrected chi connectivity index (χ4v) is 3.73. The van der Waals surface area contributed by atoms with E-state index in [9.17, 15) is 4.79 Å². The van der Waals surface area contributed by atoms with Crippen molar-refractivity contribution >= 4 is 16.8 Å². The molecule has 0 aliphatic heterocycles. The minimum Gasteiger partial charge on any atom is -0.370 e. The van der Waals surface area contributed by atoms with E-state index in [1.165, 1.54) is 16.5 Å². The van der Waals surface area contributed by atoms with Crippen LogP contribution in [0.5, 0.6) is 0 Å². The first kappa shape index (κ1) is 19.0. The Morgan fingerprint density at radius 2 is 1.93 bits per heavy atom. The molecule has 2 heterocycles. The van der Waals surface area contributed by atoms with Crippen LogP contribution < -0.4 is 11.1 Å². The number of carbonyl (C=O) groups excluding carboxylic acids is 1. The van der Waals surface area contributed by atoms with Gasteiger partial charge in [0.05, 0.1) is 5.69 Å². The molecule has 29 heavy (non-hydrogen) atoms. The van der Waals surface area contributed by atoms with Gasteiger partial charge < -0.3 is 15.6 Å². The average Bonchev–Trinajstić information content (AvgIpc) is 3.39. The van der Waals surface area contributed by atoms with Gasteiger partial charge in [-0.15, -0.1) is 0 Å². The lowest BCUT2D eigenvalue weighted by Crippen LogP contribution is -2.19. The van der Waals surface area contributed by atoms with Crippen LogP contribution in [0.1, 0.15) is 30.5 Å². The zero-order valence-electron chi connectivity index (χ0n) is 16.5. The Hall–Kier alpha value is -3.38. The highest BCUT2D eigenvalue weighted by Gasteiger charge is 2.14. The average molecular weight is 387 g/mol. The molecule has 0 spiro atoms. The van der Waals surface area contributed by atoms with Crippen molar-refractivity contribution in [1.29, 1.82) is 0 Å². The van der Waals surface area contributed by atoms with E-state index in [1.807, 2.05) is 35.1 Å². The number of hydrogen-bond acceptors (Lipinski definition) is 3. The Labute approximate surface area is 169 Å². The Balaban J connectivity index is 1.55. The van der Waals surface area contributed by atoms with Crippen LogP contribution in [0.3, 0.4) is 0 Å². The largest absolute Gasteiger partial charge is 0.370 e. The van der Waals surface area contributed by atoms with Gasteiger partial charge in [-0.2, -0.15) is 5.10 Å². The van der Waals surface area contributed by atoms with Crippen LogP contribution in [0.2, 0.25) is 0 Å². The van der Waals surface area contributed by atoms with Gasteiger partial charge in [0.25, 0.3) is 0 Å². The molecule has 4 aromatic rings. The molecule has 6 heteroatoms. The minimum atomic E-state index is -0.286. The maximum Gasteiger partial charge on any atom is 0.219 e. The topological polar surface area (TPSA) is 77.9 Å². The zero-order chi connectivity index (χ0) is 20.2. The lowest BCUT2D eigenvalue weighted by Gasteiger charge is -2.18. The van der Waals surface area contributed by atoms with E-state index in [1.54, 1.807) is 6.20 Å². The molecule has 4 rings (SSSR count). The molecule has 3 N–H and O–H groups in total. The van der Waals surface area contributed by atoms with Gasteiger partial charge in [0.15, 0.2) is 0 Å². The Bertz CT molecular complexity index is 1110. The fourth-order valence-electron chi connectivity index (χ4n) is 3.73. The van der Waals surface area contributed by atoms with Gasteiger partial charge in [-0.05, 0) is 36.2 Å². The summed E-state index contributed by atoms with van der Waals surface area (Å²) in [5.74, 6) is -0.286. The minimum absolute atomic E-state index is 0.142. The van der Waals surface area contributed by atoms with Crippen molar-refractivity contribution in [2.75, 3.05) is 0 Å². The number of carbonyl (C=O) groups is 1. The molecule has 0 saturated carbocycles. The maximum absolute atomic E-state index is 11.2. The number of benzene rings is 2. The van der Waals surface area contributed by atoms with E-state index in [2.05, 4.69) is 58.4 Å². The second kappa shape index (κ2) is 8.32. The zero-order valence-corrected chi connectivity index (χ0v) is 16.5. The lowest BCUT2D eigenvalue weighted by atomic mass is 10.1. The Morgan fingerprint density at radius 1 is 1.14 bits per heavy atom. The Morgan fingerprint density at radius 3 is 2.72 bits per heavy atom. The van der Waals surface area contributed by atoms with E-state index in [0.29, 0.717) is 13.0 Å². The normalized spacial score (nSPS) is 12.3. The number of hydrogen-bond donors (Lipinski definition) is 2. The molecule has 148 valence electrons. The van der Waals surface area contributed by atoms with E-state index in [-0.39, 0.29) is 11.9 Å². The van der Waals surface area contributed by atoms with Gasteiger partial charge in [-0.1, -0.05) is 36.4 Å². The molecular weight excluding hydrogens is 362 g/mol. The van der Waals surface area contributed by atoms with Gasteiger partial charge in [-0.3, -0.25) is 4.79 Å². The summed E-state index contributed by atoms with van der Waals surface area (Å²) in [6.07, 6.45) is 6.19. The summed E-state index contributed by atoms with van der Waals surface area (Å²) >= 11 is 0. The maximum atomic E-state index is 11.2. The second-order valence-electron chi connectivity index (χ2n) is 7.19. The Kier molecular flexibility index (Phi) is 5.44. The number of amides is 1. The fraction of sp³-hybridized carbons (Fsp3) is 0.217. The highest BCUT2D eigenvalue weighted by molar-refractivity contribution is 5.84. The van der Waals surface area contributed by atoms with Gasteiger partial charge >= 0.3 is 0 Å². The third-order valence-corrected chi connectivity index (χ3v) is 5.22. The van der Waals surface area contributed by atoms with Crippen molar-refractivity contribution in [3.8, 4) is 5.69 Å². The van der Waals surface area contributed by atoms with Crippen molar-refractivity contribution in [3.05, 3.63) is 84.3 Å². The molecule has 0 fully saturated rings. The third-order valence-electron chi connectivity index (χ3n) is 5.22. The third kappa shape index (κ3) is 4.07. The predicted molar refractivity (Wildman–Crippen MR) is 115 cm³/mol. The number of nitrogens with zero attached hydrogens (tertiary/aromatic N) is 3. The van der Waals surface area contributed by atoms with Crippen molar-refractivity contribution in [1.82, 2.24) is 19.7 Å². The number of nitrogens with one attached hydrogen (secondary N) is 1. The van der Waals surface area contributed by atoms with Crippen molar-refractivity contribution in [2.45, 2.75) is 32.5 Å². The SMILES string of the molecule is C[C@H](NCc1cn(CCC(N)=O)c2ccccc12)c1ccccc1-n1cccn1. The first-order chi connectivity index (χ1) is 14.1. The van der Waals surface area contributed by atoms with Crippen LogP contribution in [0, 0.1) is 0 Å². The number of rotatable bonds is 8. The number of primary amides is 1. The quantitative estimate of drug-likeness (QED) is 0.485. The molecule has 2 aromatic heterocycles. The molecule has 0 bridgehead atoms. The molecule has 1 amide bonds. The van der Waals surface area contributed by atoms with E-state index < -0.39 is 0 Å². The van der Waals surface area contributed by atoms with Crippen LogP contribution in [-0.4, -0.2) is 20.3 Å². The number of nitrogens with two attached hydrogens (primary N) is 1. The molecule has 0 unspecified atom stereocenters. The summed E-state index contributed by atoms with van der Waals surface area (Å²) in [7, 11) is 0.